The van der Waals surface area contributed by atoms with E-state index in [1.54, 1.807) is 17.2 Å². The molecule has 1 aliphatic heterocycles. The summed E-state index contributed by atoms with van der Waals surface area (Å²) in [6, 6.07) is 16.3. The van der Waals surface area contributed by atoms with Gasteiger partial charge in [-0.2, -0.15) is 4.98 Å². The highest BCUT2D eigenvalue weighted by molar-refractivity contribution is 5.79. The van der Waals surface area contributed by atoms with Gasteiger partial charge >= 0.3 is 0 Å². The van der Waals surface area contributed by atoms with Crippen LogP contribution in [0.1, 0.15) is 16.7 Å². The van der Waals surface area contributed by atoms with E-state index in [-0.39, 0.29) is 0 Å². The van der Waals surface area contributed by atoms with Crippen molar-refractivity contribution in [3.63, 3.8) is 0 Å². The van der Waals surface area contributed by atoms with E-state index >= 15 is 0 Å². The normalized spacial score (nSPS) is 14.1. The van der Waals surface area contributed by atoms with Crippen LogP contribution < -0.4 is 15.1 Å². The van der Waals surface area contributed by atoms with Gasteiger partial charge in [0.15, 0.2) is 0 Å². The van der Waals surface area contributed by atoms with Crippen LogP contribution in [-0.2, 0) is 11.3 Å². The molecule has 1 aromatic heterocycles. The van der Waals surface area contributed by atoms with Crippen molar-refractivity contribution in [2.45, 2.75) is 13.5 Å². The number of aromatic nitrogens is 2. The Morgan fingerprint density at radius 1 is 1.09 bits per heavy atom. The average molecular weight is 443 g/mol. The number of piperazine rings is 1. The van der Waals surface area contributed by atoms with Gasteiger partial charge in [0.2, 0.25) is 12.4 Å². The molecule has 1 aliphatic rings. The van der Waals surface area contributed by atoms with Crippen molar-refractivity contribution < 1.29 is 4.79 Å². The van der Waals surface area contributed by atoms with Gasteiger partial charge < -0.3 is 15.1 Å². The molecule has 0 atom stereocenters. The standard InChI is InChI=1S/C26H30N6O/c1-4-21-17-27-26(29-25(21)32(19-33)18-22-8-6-5-7-20(22)2)28-23-9-11-24(12-10-23)31-15-13-30(3)14-16-31/h4-12,17,19H,1,13-16,18H2,2-3H3,(H,27,28,29). The zero-order valence-electron chi connectivity index (χ0n) is 19.2. The summed E-state index contributed by atoms with van der Waals surface area (Å²) in [7, 11) is 2.16. The molecular weight excluding hydrogens is 412 g/mol. The second-order valence-corrected chi connectivity index (χ2v) is 8.30. The molecule has 33 heavy (non-hydrogen) atoms. The Morgan fingerprint density at radius 3 is 2.48 bits per heavy atom. The third-order valence-corrected chi connectivity index (χ3v) is 6.01. The lowest BCUT2D eigenvalue weighted by Gasteiger charge is -2.34. The molecule has 1 amide bonds. The van der Waals surface area contributed by atoms with E-state index in [0.717, 1.165) is 49.4 Å². The molecular formula is C26H30N6O. The molecule has 0 aliphatic carbocycles. The van der Waals surface area contributed by atoms with Crippen molar-refractivity contribution >= 4 is 35.6 Å². The van der Waals surface area contributed by atoms with Gasteiger partial charge in [-0.25, -0.2) is 4.98 Å². The molecule has 1 saturated heterocycles. The van der Waals surface area contributed by atoms with Crippen molar-refractivity contribution in [2.24, 2.45) is 0 Å². The fraction of sp³-hybridized carbons (Fsp3) is 0.269. The molecule has 170 valence electrons. The monoisotopic (exact) mass is 442 g/mol. The van der Waals surface area contributed by atoms with Crippen LogP contribution in [0.15, 0.2) is 61.3 Å². The van der Waals surface area contributed by atoms with E-state index in [0.29, 0.717) is 23.9 Å². The number of likely N-dealkylation sites (N-methyl/N-ethyl adjacent to an activating group) is 1. The first-order valence-electron chi connectivity index (χ1n) is 11.1. The van der Waals surface area contributed by atoms with Crippen molar-refractivity contribution in [1.29, 1.82) is 0 Å². The van der Waals surface area contributed by atoms with Gasteiger partial charge in [-0.3, -0.25) is 9.69 Å². The number of amides is 1. The van der Waals surface area contributed by atoms with Gasteiger partial charge in [-0.1, -0.05) is 36.9 Å². The Kier molecular flexibility index (Phi) is 7.00. The maximum atomic E-state index is 12.0. The maximum Gasteiger partial charge on any atom is 0.229 e. The molecule has 4 rings (SSSR count). The second-order valence-electron chi connectivity index (χ2n) is 8.30. The summed E-state index contributed by atoms with van der Waals surface area (Å²) in [6.07, 6.45) is 4.15. The fourth-order valence-electron chi connectivity index (χ4n) is 3.90. The number of hydrogen-bond acceptors (Lipinski definition) is 6. The first-order valence-corrected chi connectivity index (χ1v) is 11.1. The van der Waals surface area contributed by atoms with E-state index in [9.17, 15) is 4.79 Å². The van der Waals surface area contributed by atoms with Crippen LogP contribution in [0.5, 0.6) is 0 Å². The summed E-state index contributed by atoms with van der Waals surface area (Å²) in [6.45, 7) is 10.5. The number of nitrogens with one attached hydrogen (secondary N) is 1. The quantitative estimate of drug-likeness (QED) is 0.530. The number of hydrogen-bond donors (Lipinski definition) is 1. The van der Waals surface area contributed by atoms with E-state index in [1.165, 1.54) is 5.69 Å². The fourth-order valence-corrected chi connectivity index (χ4v) is 3.90. The van der Waals surface area contributed by atoms with Gasteiger partial charge in [0.1, 0.15) is 5.82 Å². The molecule has 7 nitrogen and oxygen atoms in total. The first kappa shape index (κ1) is 22.5. The van der Waals surface area contributed by atoms with Gasteiger partial charge in [-0.15, -0.1) is 0 Å². The van der Waals surface area contributed by atoms with Crippen LogP contribution in [-0.4, -0.2) is 54.5 Å². The van der Waals surface area contributed by atoms with Crippen LogP contribution >= 0.6 is 0 Å². The van der Waals surface area contributed by atoms with Crippen LogP contribution in [0.4, 0.5) is 23.1 Å². The highest BCUT2D eigenvalue weighted by Gasteiger charge is 2.16. The third-order valence-electron chi connectivity index (χ3n) is 6.01. The van der Waals surface area contributed by atoms with Gasteiger partial charge in [0.05, 0.1) is 6.54 Å². The molecule has 2 aromatic carbocycles. The van der Waals surface area contributed by atoms with E-state index in [1.807, 2.05) is 43.3 Å². The largest absolute Gasteiger partial charge is 0.369 e. The number of carbonyl (C=O) groups excluding carboxylic acids is 1. The topological polar surface area (TPSA) is 64.6 Å². The lowest BCUT2D eigenvalue weighted by atomic mass is 10.1. The number of nitrogens with zero attached hydrogens (tertiary/aromatic N) is 5. The molecule has 3 aromatic rings. The SMILES string of the molecule is C=Cc1cnc(Nc2ccc(N3CCN(C)CC3)cc2)nc1N(C=O)Cc1ccccc1C. The number of benzene rings is 2. The van der Waals surface area contributed by atoms with E-state index < -0.39 is 0 Å². The smallest absolute Gasteiger partial charge is 0.229 e. The minimum Gasteiger partial charge on any atom is -0.369 e. The molecule has 2 heterocycles. The van der Waals surface area contributed by atoms with Crippen LogP contribution in [0.25, 0.3) is 6.08 Å². The van der Waals surface area contributed by atoms with Crippen LogP contribution in [0.3, 0.4) is 0 Å². The Morgan fingerprint density at radius 2 is 1.82 bits per heavy atom. The molecule has 7 heteroatoms. The molecule has 0 saturated carbocycles. The molecule has 0 bridgehead atoms. The molecule has 1 fully saturated rings. The van der Waals surface area contributed by atoms with Gasteiger partial charge in [0, 0.05) is 49.3 Å². The number of carbonyl (C=O) groups is 1. The highest BCUT2D eigenvalue weighted by atomic mass is 16.1. The first-order chi connectivity index (χ1) is 16.1. The Hall–Kier alpha value is -3.71. The highest BCUT2D eigenvalue weighted by Crippen LogP contribution is 2.25. The number of anilines is 4. The minimum absolute atomic E-state index is 0.424. The summed E-state index contributed by atoms with van der Waals surface area (Å²) in [4.78, 5) is 27.4. The third kappa shape index (κ3) is 5.38. The number of rotatable bonds is 8. The average Bonchev–Trinajstić information content (AvgIpc) is 2.84. The lowest BCUT2D eigenvalue weighted by Crippen LogP contribution is -2.44. The Bertz CT molecular complexity index is 1110. The summed E-state index contributed by atoms with van der Waals surface area (Å²) in [5.74, 6) is 0.953. The Labute approximate surface area is 195 Å². The zero-order chi connectivity index (χ0) is 23.2. The van der Waals surface area contributed by atoms with Crippen LogP contribution in [0.2, 0.25) is 0 Å². The second kappa shape index (κ2) is 10.3. The summed E-state index contributed by atoms with van der Waals surface area (Å²) < 4.78 is 0. The van der Waals surface area contributed by atoms with Gasteiger partial charge in [-0.05, 0) is 49.4 Å². The summed E-state index contributed by atoms with van der Waals surface area (Å²) >= 11 is 0. The Balaban J connectivity index is 1.52. The molecule has 0 unspecified atom stereocenters. The van der Waals surface area contributed by atoms with Crippen molar-refractivity contribution in [2.75, 3.05) is 48.3 Å². The van der Waals surface area contributed by atoms with Crippen LogP contribution in [0, 0.1) is 6.92 Å². The minimum atomic E-state index is 0.424. The van der Waals surface area contributed by atoms with Crippen molar-refractivity contribution in [3.05, 3.63) is 78.0 Å². The number of aryl methyl sites for hydroxylation is 1. The molecule has 1 N–H and O–H groups in total. The van der Waals surface area contributed by atoms with E-state index in [4.69, 9.17) is 0 Å². The summed E-state index contributed by atoms with van der Waals surface area (Å²) in [5, 5.41) is 3.26. The molecule has 0 radical (unpaired) electrons. The predicted octanol–water partition coefficient (Wildman–Crippen LogP) is 4.09. The molecule has 0 spiro atoms. The van der Waals surface area contributed by atoms with Crippen molar-refractivity contribution in [3.8, 4) is 0 Å². The maximum absolute atomic E-state index is 12.0. The van der Waals surface area contributed by atoms with E-state index in [2.05, 4.69) is 50.8 Å². The lowest BCUT2D eigenvalue weighted by molar-refractivity contribution is -0.107. The van der Waals surface area contributed by atoms with Crippen molar-refractivity contribution in [1.82, 2.24) is 14.9 Å². The zero-order valence-corrected chi connectivity index (χ0v) is 19.2. The van der Waals surface area contributed by atoms with Gasteiger partial charge in [0.25, 0.3) is 0 Å². The summed E-state index contributed by atoms with van der Waals surface area (Å²) in [5.41, 5.74) is 4.99. The predicted molar refractivity (Wildman–Crippen MR) is 135 cm³/mol.